The highest BCUT2D eigenvalue weighted by Gasteiger charge is 2.15. The first kappa shape index (κ1) is 10.6. The standard InChI is InChI=1S/C11H11F2N3/c1-2-9-10(11(14)16-15-9)7-4-3-6(12)5-8(7)13/h3-5H,2H2,1H3,(H3,14,15,16). The SMILES string of the molecule is CCc1[nH]nc(N)c1-c1ccc(F)cc1F. The van der Waals surface area contributed by atoms with Crippen molar-refractivity contribution < 1.29 is 8.78 Å². The zero-order valence-electron chi connectivity index (χ0n) is 8.72. The van der Waals surface area contributed by atoms with E-state index in [9.17, 15) is 8.78 Å². The van der Waals surface area contributed by atoms with Crippen LogP contribution in [-0.4, -0.2) is 10.2 Å². The Morgan fingerprint density at radius 1 is 1.38 bits per heavy atom. The van der Waals surface area contributed by atoms with Crippen molar-refractivity contribution in [3.8, 4) is 11.1 Å². The summed E-state index contributed by atoms with van der Waals surface area (Å²) in [6.07, 6.45) is 0.649. The first-order valence-corrected chi connectivity index (χ1v) is 4.91. The molecule has 0 bridgehead atoms. The lowest BCUT2D eigenvalue weighted by Crippen LogP contribution is -1.93. The summed E-state index contributed by atoms with van der Waals surface area (Å²) >= 11 is 0. The molecule has 2 rings (SSSR count). The summed E-state index contributed by atoms with van der Waals surface area (Å²) < 4.78 is 26.4. The molecule has 0 amide bonds. The summed E-state index contributed by atoms with van der Waals surface area (Å²) in [4.78, 5) is 0. The van der Waals surface area contributed by atoms with Gasteiger partial charge in [-0.3, -0.25) is 5.10 Å². The summed E-state index contributed by atoms with van der Waals surface area (Å²) in [5.41, 5.74) is 7.17. The molecule has 3 nitrogen and oxygen atoms in total. The number of hydrogen-bond acceptors (Lipinski definition) is 2. The molecule has 1 heterocycles. The van der Waals surface area contributed by atoms with E-state index in [0.29, 0.717) is 12.0 Å². The zero-order chi connectivity index (χ0) is 11.7. The maximum Gasteiger partial charge on any atom is 0.153 e. The Morgan fingerprint density at radius 2 is 2.12 bits per heavy atom. The van der Waals surface area contributed by atoms with Crippen molar-refractivity contribution in [2.45, 2.75) is 13.3 Å². The lowest BCUT2D eigenvalue weighted by Gasteiger charge is -2.04. The monoisotopic (exact) mass is 223 g/mol. The average molecular weight is 223 g/mol. The van der Waals surface area contributed by atoms with Gasteiger partial charge in [0, 0.05) is 22.9 Å². The predicted octanol–water partition coefficient (Wildman–Crippen LogP) is 2.50. The Hall–Kier alpha value is -1.91. The third-order valence-electron chi connectivity index (χ3n) is 2.42. The number of halogens is 2. The number of nitrogens with two attached hydrogens (primary N) is 1. The molecule has 0 aliphatic rings. The van der Waals surface area contributed by atoms with Crippen LogP contribution in [0.3, 0.4) is 0 Å². The number of hydrogen-bond donors (Lipinski definition) is 2. The van der Waals surface area contributed by atoms with Crippen molar-refractivity contribution in [2.24, 2.45) is 0 Å². The third-order valence-corrected chi connectivity index (χ3v) is 2.42. The molecule has 0 saturated heterocycles. The van der Waals surface area contributed by atoms with Gasteiger partial charge >= 0.3 is 0 Å². The Kier molecular flexibility index (Phi) is 2.60. The lowest BCUT2D eigenvalue weighted by molar-refractivity contribution is 0.585. The van der Waals surface area contributed by atoms with Crippen molar-refractivity contribution in [3.05, 3.63) is 35.5 Å². The zero-order valence-corrected chi connectivity index (χ0v) is 8.72. The van der Waals surface area contributed by atoms with Crippen LogP contribution < -0.4 is 5.73 Å². The van der Waals surface area contributed by atoms with Crippen LogP contribution in [0.5, 0.6) is 0 Å². The van der Waals surface area contributed by atoms with Crippen LogP contribution in [0.2, 0.25) is 0 Å². The summed E-state index contributed by atoms with van der Waals surface area (Å²) in [7, 11) is 0. The van der Waals surface area contributed by atoms with Gasteiger partial charge in [0.05, 0.1) is 0 Å². The normalized spacial score (nSPS) is 10.7. The molecule has 0 fully saturated rings. The van der Waals surface area contributed by atoms with E-state index in [2.05, 4.69) is 10.2 Å². The van der Waals surface area contributed by atoms with Crippen LogP contribution in [0.15, 0.2) is 18.2 Å². The number of benzene rings is 1. The fourth-order valence-corrected chi connectivity index (χ4v) is 1.64. The van der Waals surface area contributed by atoms with Gasteiger partial charge < -0.3 is 5.73 Å². The van der Waals surface area contributed by atoms with Crippen molar-refractivity contribution >= 4 is 5.82 Å². The maximum atomic E-state index is 13.6. The summed E-state index contributed by atoms with van der Waals surface area (Å²) in [6, 6.07) is 3.40. The molecule has 0 aliphatic heterocycles. The van der Waals surface area contributed by atoms with E-state index in [1.54, 1.807) is 0 Å². The molecular formula is C11H11F2N3. The van der Waals surface area contributed by atoms with Gasteiger partial charge in [-0.2, -0.15) is 5.10 Å². The van der Waals surface area contributed by atoms with E-state index in [4.69, 9.17) is 5.73 Å². The first-order chi connectivity index (χ1) is 7.63. The van der Waals surface area contributed by atoms with Gasteiger partial charge in [0.1, 0.15) is 11.6 Å². The highest BCUT2D eigenvalue weighted by atomic mass is 19.1. The van der Waals surface area contributed by atoms with Crippen LogP contribution in [0.25, 0.3) is 11.1 Å². The van der Waals surface area contributed by atoms with Crippen LogP contribution in [0.1, 0.15) is 12.6 Å². The van der Waals surface area contributed by atoms with Crippen LogP contribution >= 0.6 is 0 Å². The first-order valence-electron chi connectivity index (χ1n) is 4.91. The second kappa shape index (κ2) is 3.92. The molecule has 3 N–H and O–H groups in total. The number of nitrogens with one attached hydrogen (secondary N) is 1. The topological polar surface area (TPSA) is 54.7 Å². The minimum Gasteiger partial charge on any atom is -0.382 e. The van der Waals surface area contributed by atoms with E-state index in [1.807, 2.05) is 6.92 Å². The highest BCUT2D eigenvalue weighted by molar-refractivity contribution is 5.76. The molecular weight excluding hydrogens is 212 g/mol. The quantitative estimate of drug-likeness (QED) is 0.821. The molecule has 0 unspecified atom stereocenters. The third kappa shape index (κ3) is 1.64. The van der Waals surface area contributed by atoms with Gasteiger partial charge in [0.2, 0.25) is 0 Å². The van der Waals surface area contributed by atoms with E-state index in [1.165, 1.54) is 12.1 Å². The summed E-state index contributed by atoms with van der Waals surface area (Å²) in [5.74, 6) is -1.02. The van der Waals surface area contributed by atoms with Crippen molar-refractivity contribution in [2.75, 3.05) is 5.73 Å². The van der Waals surface area contributed by atoms with E-state index >= 15 is 0 Å². The second-order valence-electron chi connectivity index (χ2n) is 3.44. The Morgan fingerprint density at radius 3 is 2.75 bits per heavy atom. The van der Waals surface area contributed by atoms with Crippen molar-refractivity contribution in [3.63, 3.8) is 0 Å². The molecule has 5 heteroatoms. The van der Waals surface area contributed by atoms with Gasteiger partial charge in [-0.05, 0) is 18.6 Å². The van der Waals surface area contributed by atoms with E-state index in [-0.39, 0.29) is 11.4 Å². The minimum atomic E-state index is -0.636. The van der Waals surface area contributed by atoms with Crippen LogP contribution in [0.4, 0.5) is 14.6 Å². The molecule has 1 aromatic heterocycles. The van der Waals surface area contributed by atoms with Gasteiger partial charge in [0.15, 0.2) is 5.82 Å². The van der Waals surface area contributed by atoms with Gasteiger partial charge in [-0.15, -0.1) is 0 Å². The van der Waals surface area contributed by atoms with E-state index in [0.717, 1.165) is 11.8 Å². The fourth-order valence-electron chi connectivity index (χ4n) is 1.64. The second-order valence-corrected chi connectivity index (χ2v) is 3.44. The lowest BCUT2D eigenvalue weighted by atomic mass is 10.0. The van der Waals surface area contributed by atoms with Gasteiger partial charge in [-0.25, -0.2) is 8.78 Å². The van der Waals surface area contributed by atoms with Crippen LogP contribution in [-0.2, 0) is 6.42 Å². The number of anilines is 1. The van der Waals surface area contributed by atoms with Crippen LogP contribution in [0, 0.1) is 11.6 Å². The molecule has 2 aromatic rings. The Labute approximate surface area is 91.3 Å². The molecule has 16 heavy (non-hydrogen) atoms. The Bertz CT molecular complexity index is 520. The highest BCUT2D eigenvalue weighted by Crippen LogP contribution is 2.30. The van der Waals surface area contributed by atoms with E-state index < -0.39 is 11.6 Å². The van der Waals surface area contributed by atoms with Gasteiger partial charge in [0.25, 0.3) is 0 Å². The largest absolute Gasteiger partial charge is 0.382 e. The minimum absolute atomic E-state index is 0.224. The maximum absolute atomic E-state index is 13.6. The van der Waals surface area contributed by atoms with Gasteiger partial charge in [-0.1, -0.05) is 6.92 Å². The molecule has 0 radical (unpaired) electrons. The molecule has 0 aliphatic carbocycles. The van der Waals surface area contributed by atoms with Crippen molar-refractivity contribution in [1.82, 2.24) is 10.2 Å². The molecule has 84 valence electrons. The average Bonchev–Trinajstić information content (AvgIpc) is 2.60. The summed E-state index contributed by atoms with van der Waals surface area (Å²) in [5, 5.41) is 6.55. The number of H-pyrrole nitrogens is 1. The smallest absolute Gasteiger partial charge is 0.153 e. The number of aromatic nitrogens is 2. The summed E-state index contributed by atoms with van der Waals surface area (Å²) in [6.45, 7) is 1.90. The Balaban J connectivity index is 2.62. The molecule has 1 aromatic carbocycles. The number of nitrogens with zero attached hydrogens (tertiary/aromatic N) is 1. The number of aromatic amines is 1. The molecule has 0 spiro atoms. The number of nitrogen functional groups attached to an aromatic ring is 1. The molecule has 0 saturated carbocycles. The number of rotatable bonds is 2. The molecule has 0 atom stereocenters. The predicted molar refractivity (Wildman–Crippen MR) is 57.7 cm³/mol. The van der Waals surface area contributed by atoms with Crippen molar-refractivity contribution in [1.29, 1.82) is 0 Å². The number of aryl methyl sites for hydroxylation is 1. The fraction of sp³-hybridized carbons (Fsp3) is 0.182.